The van der Waals surface area contributed by atoms with Gasteiger partial charge in [-0.25, -0.2) is 0 Å². The third-order valence-corrected chi connectivity index (χ3v) is 2.16. The van der Waals surface area contributed by atoms with Gasteiger partial charge >= 0.3 is 0 Å². The highest BCUT2D eigenvalue weighted by molar-refractivity contribution is 5.49. The molecule has 0 atom stereocenters. The number of nitrogens with zero attached hydrogens (tertiary/aromatic N) is 1. The van der Waals surface area contributed by atoms with Crippen LogP contribution >= 0.6 is 0 Å². The highest BCUT2D eigenvalue weighted by Gasteiger charge is 2.10. The van der Waals surface area contributed by atoms with Gasteiger partial charge in [-0.15, -0.1) is 0 Å². The minimum atomic E-state index is 0.262. The molecule has 0 amide bonds. The van der Waals surface area contributed by atoms with Crippen LogP contribution in [-0.2, 0) is 0 Å². The summed E-state index contributed by atoms with van der Waals surface area (Å²) in [7, 11) is 1.54. The van der Waals surface area contributed by atoms with E-state index in [4.69, 9.17) is 15.2 Å². The Bertz CT molecular complexity index is 345. The van der Waals surface area contributed by atoms with E-state index in [2.05, 4.69) is 25.8 Å². The third kappa shape index (κ3) is 3.96. The lowest BCUT2D eigenvalue weighted by molar-refractivity contribution is 0.234. The highest BCUT2D eigenvalue weighted by Crippen LogP contribution is 2.23. The summed E-state index contributed by atoms with van der Waals surface area (Å²) in [5.41, 5.74) is 6.44. The summed E-state index contributed by atoms with van der Waals surface area (Å²) in [5, 5.41) is 0. The summed E-state index contributed by atoms with van der Waals surface area (Å²) >= 11 is 0. The van der Waals surface area contributed by atoms with Crippen LogP contribution in [0.3, 0.4) is 0 Å². The Morgan fingerprint density at radius 1 is 1.31 bits per heavy atom. The molecule has 16 heavy (non-hydrogen) atoms. The standard InChI is InChI=1S/C12H20N2O2/c1-12(2,3)7-8-16-10-6-5-9(13)11(14-10)15-4/h5-6H,7-8,13H2,1-4H3. The van der Waals surface area contributed by atoms with Gasteiger partial charge in [0.25, 0.3) is 0 Å². The van der Waals surface area contributed by atoms with E-state index in [9.17, 15) is 0 Å². The van der Waals surface area contributed by atoms with Crippen LogP contribution in [0.4, 0.5) is 5.69 Å². The van der Waals surface area contributed by atoms with Gasteiger partial charge in [-0.05, 0) is 17.9 Å². The molecule has 0 fully saturated rings. The molecule has 0 unspecified atom stereocenters. The van der Waals surface area contributed by atoms with Gasteiger partial charge in [0.1, 0.15) is 0 Å². The molecule has 0 spiro atoms. The van der Waals surface area contributed by atoms with Crippen LogP contribution in [0.5, 0.6) is 11.8 Å². The summed E-state index contributed by atoms with van der Waals surface area (Å²) in [6, 6.07) is 3.48. The molecule has 0 bridgehead atoms. The molecular weight excluding hydrogens is 204 g/mol. The molecule has 1 rings (SSSR count). The molecule has 0 radical (unpaired) electrons. The lowest BCUT2D eigenvalue weighted by atomic mass is 9.93. The summed E-state index contributed by atoms with van der Waals surface area (Å²) in [6.45, 7) is 7.16. The van der Waals surface area contributed by atoms with E-state index in [0.717, 1.165) is 6.42 Å². The van der Waals surface area contributed by atoms with E-state index in [1.165, 1.54) is 7.11 Å². The smallest absolute Gasteiger partial charge is 0.240 e. The molecule has 4 heteroatoms. The van der Waals surface area contributed by atoms with Crippen LogP contribution in [0.15, 0.2) is 12.1 Å². The molecule has 2 N–H and O–H groups in total. The number of methoxy groups -OCH3 is 1. The van der Waals surface area contributed by atoms with Gasteiger partial charge in [-0.2, -0.15) is 4.98 Å². The number of anilines is 1. The zero-order valence-corrected chi connectivity index (χ0v) is 10.4. The Kier molecular flexibility index (Phi) is 3.99. The van der Waals surface area contributed by atoms with E-state index in [-0.39, 0.29) is 5.41 Å². The molecule has 0 saturated heterocycles. The van der Waals surface area contributed by atoms with Crippen molar-refractivity contribution < 1.29 is 9.47 Å². The van der Waals surface area contributed by atoms with Crippen molar-refractivity contribution >= 4 is 5.69 Å². The van der Waals surface area contributed by atoms with Crippen LogP contribution < -0.4 is 15.2 Å². The molecule has 0 aliphatic rings. The van der Waals surface area contributed by atoms with Gasteiger partial charge in [-0.1, -0.05) is 20.8 Å². The van der Waals surface area contributed by atoms with Gasteiger partial charge in [-0.3, -0.25) is 0 Å². The number of nitrogens with two attached hydrogens (primary N) is 1. The maximum atomic E-state index is 5.65. The van der Waals surface area contributed by atoms with Crippen LogP contribution in [0.1, 0.15) is 27.2 Å². The minimum absolute atomic E-state index is 0.262. The maximum Gasteiger partial charge on any atom is 0.240 e. The third-order valence-electron chi connectivity index (χ3n) is 2.16. The number of ether oxygens (including phenoxy) is 2. The van der Waals surface area contributed by atoms with Crippen molar-refractivity contribution in [3.8, 4) is 11.8 Å². The van der Waals surface area contributed by atoms with E-state index in [1.807, 2.05) is 0 Å². The lowest BCUT2D eigenvalue weighted by Crippen LogP contribution is -2.11. The number of hydrogen-bond acceptors (Lipinski definition) is 4. The van der Waals surface area contributed by atoms with Crippen molar-refractivity contribution in [2.75, 3.05) is 19.5 Å². The summed E-state index contributed by atoms with van der Waals surface area (Å²) in [5.74, 6) is 0.962. The molecule has 0 saturated carbocycles. The maximum absolute atomic E-state index is 5.65. The monoisotopic (exact) mass is 224 g/mol. The van der Waals surface area contributed by atoms with Crippen LogP contribution in [-0.4, -0.2) is 18.7 Å². The number of nitrogen functional groups attached to an aromatic ring is 1. The molecule has 0 aliphatic heterocycles. The average molecular weight is 224 g/mol. The first-order valence-corrected chi connectivity index (χ1v) is 5.36. The molecule has 1 aromatic rings. The number of pyridine rings is 1. The first-order valence-electron chi connectivity index (χ1n) is 5.36. The first kappa shape index (κ1) is 12.6. The summed E-state index contributed by atoms with van der Waals surface area (Å²) in [4.78, 5) is 4.14. The topological polar surface area (TPSA) is 57.4 Å². The SMILES string of the molecule is COc1nc(OCCC(C)(C)C)ccc1N. The molecule has 4 nitrogen and oxygen atoms in total. The Labute approximate surface area is 96.8 Å². The Morgan fingerprint density at radius 2 is 2.00 bits per heavy atom. The Hall–Kier alpha value is -1.45. The number of rotatable bonds is 4. The minimum Gasteiger partial charge on any atom is -0.479 e. The average Bonchev–Trinajstić information content (AvgIpc) is 2.18. The van der Waals surface area contributed by atoms with Gasteiger partial charge in [0.2, 0.25) is 11.8 Å². The molecule has 1 heterocycles. The first-order chi connectivity index (χ1) is 7.42. The predicted molar refractivity (Wildman–Crippen MR) is 64.8 cm³/mol. The van der Waals surface area contributed by atoms with Crippen LogP contribution in [0.25, 0.3) is 0 Å². The van der Waals surface area contributed by atoms with Gasteiger partial charge in [0.15, 0.2) is 0 Å². The lowest BCUT2D eigenvalue weighted by Gasteiger charge is -2.17. The van der Waals surface area contributed by atoms with Gasteiger partial charge < -0.3 is 15.2 Å². The fourth-order valence-corrected chi connectivity index (χ4v) is 1.14. The molecule has 1 aromatic heterocycles. The van der Waals surface area contributed by atoms with Gasteiger partial charge in [0.05, 0.1) is 19.4 Å². The molecule has 90 valence electrons. The second kappa shape index (κ2) is 5.05. The second-order valence-electron chi connectivity index (χ2n) is 4.91. The van der Waals surface area contributed by atoms with E-state index in [0.29, 0.717) is 24.1 Å². The predicted octanol–water partition coefficient (Wildman–Crippen LogP) is 2.49. The number of aromatic nitrogens is 1. The Balaban J connectivity index is 2.55. The highest BCUT2D eigenvalue weighted by atomic mass is 16.5. The fourth-order valence-electron chi connectivity index (χ4n) is 1.14. The molecule has 0 aromatic carbocycles. The molecular formula is C12H20N2O2. The second-order valence-corrected chi connectivity index (χ2v) is 4.91. The largest absolute Gasteiger partial charge is 0.479 e. The van der Waals surface area contributed by atoms with Crippen molar-refractivity contribution in [1.29, 1.82) is 0 Å². The van der Waals surface area contributed by atoms with Crippen molar-refractivity contribution in [1.82, 2.24) is 4.98 Å². The van der Waals surface area contributed by atoms with Crippen LogP contribution in [0, 0.1) is 5.41 Å². The van der Waals surface area contributed by atoms with E-state index < -0.39 is 0 Å². The normalized spacial score (nSPS) is 11.2. The summed E-state index contributed by atoms with van der Waals surface area (Å²) < 4.78 is 10.5. The zero-order valence-electron chi connectivity index (χ0n) is 10.4. The zero-order chi connectivity index (χ0) is 12.2. The number of hydrogen-bond donors (Lipinski definition) is 1. The Morgan fingerprint density at radius 3 is 2.56 bits per heavy atom. The molecule has 0 aliphatic carbocycles. The fraction of sp³-hybridized carbons (Fsp3) is 0.583. The van der Waals surface area contributed by atoms with Crippen molar-refractivity contribution in [2.24, 2.45) is 5.41 Å². The van der Waals surface area contributed by atoms with E-state index >= 15 is 0 Å². The van der Waals surface area contributed by atoms with Gasteiger partial charge in [0, 0.05) is 6.07 Å². The van der Waals surface area contributed by atoms with Crippen LogP contribution in [0.2, 0.25) is 0 Å². The van der Waals surface area contributed by atoms with Crippen molar-refractivity contribution in [3.63, 3.8) is 0 Å². The quantitative estimate of drug-likeness (QED) is 0.853. The summed E-state index contributed by atoms with van der Waals surface area (Å²) in [6.07, 6.45) is 0.974. The van der Waals surface area contributed by atoms with E-state index in [1.54, 1.807) is 12.1 Å². The van der Waals surface area contributed by atoms with Crippen molar-refractivity contribution in [3.05, 3.63) is 12.1 Å². The van der Waals surface area contributed by atoms with Crippen molar-refractivity contribution in [2.45, 2.75) is 27.2 Å².